The van der Waals surface area contributed by atoms with E-state index in [9.17, 15) is 0 Å². The van der Waals surface area contributed by atoms with Gasteiger partial charge in [-0.25, -0.2) is 0 Å². The van der Waals surface area contributed by atoms with Crippen LogP contribution < -0.4 is 5.32 Å². The van der Waals surface area contributed by atoms with Crippen LogP contribution in [0.15, 0.2) is 0 Å². The standard InChI is InChI=1S/C17H34N2/c1-6-17(5)12-19(14(4)11-18-17)16-10-8-7-9-15(16)13(2)3/h13-16,18H,6-12H2,1-5H3. The van der Waals surface area contributed by atoms with Gasteiger partial charge < -0.3 is 5.32 Å². The van der Waals surface area contributed by atoms with Crippen LogP contribution in [-0.2, 0) is 0 Å². The molecule has 4 atom stereocenters. The van der Waals surface area contributed by atoms with Gasteiger partial charge in [0.1, 0.15) is 0 Å². The van der Waals surface area contributed by atoms with Crippen molar-refractivity contribution in [1.29, 1.82) is 0 Å². The maximum atomic E-state index is 3.77. The molecule has 1 N–H and O–H groups in total. The normalized spacial score (nSPS) is 41.7. The lowest BCUT2D eigenvalue weighted by Gasteiger charge is -2.52. The highest BCUT2D eigenvalue weighted by Crippen LogP contribution is 2.36. The van der Waals surface area contributed by atoms with Crippen molar-refractivity contribution in [3.05, 3.63) is 0 Å². The summed E-state index contributed by atoms with van der Waals surface area (Å²) in [7, 11) is 0. The summed E-state index contributed by atoms with van der Waals surface area (Å²) in [6, 6.07) is 1.53. The third-order valence-electron chi connectivity index (χ3n) is 5.77. The molecule has 2 fully saturated rings. The lowest BCUT2D eigenvalue weighted by Crippen LogP contribution is -2.65. The van der Waals surface area contributed by atoms with E-state index < -0.39 is 0 Å². The molecule has 1 heterocycles. The van der Waals surface area contributed by atoms with Gasteiger partial charge in [-0.1, -0.05) is 33.6 Å². The second-order valence-electron chi connectivity index (χ2n) is 7.58. The molecular formula is C17H34N2. The Morgan fingerprint density at radius 1 is 1.26 bits per heavy atom. The Hall–Kier alpha value is -0.0800. The molecule has 0 bridgehead atoms. The van der Waals surface area contributed by atoms with Gasteiger partial charge >= 0.3 is 0 Å². The average Bonchev–Trinajstić information content (AvgIpc) is 2.42. The molecule has 0 amide bonds. The molecule has 1 aliphatic carbocycles. The topological polar surface area (TPSA) is 15.3 Å². The largest absolute Gasteiger partial charge is 0.309 e. The fraction of sp³-hybridized carbons (Fsp3) is 1.00. The van der Waals surface area contributed by atoms with Crippen LogP contribution in [-0.4, -0.2) is 35.6 Å². The molecule has 4 unspecified atom stereocenters. The van der Waals surface area contributed by atoms with Crippen LogP contribution in [0, 0.1) is 11.8 Å². The first-order chi connectivity index (χ1) is 8.97. The smallest absolute Gasteiger partial charge is 0.0278 e. The highest BCUT2D eigenvalue weighted by atomic mass is 15.3. The van der Waals surface area contributed by atoms with E-state index in [2.05, 4.69) is 44.8 Å². The molecule has 2 rings (SSSR count). The summed E-state index contributed by atoms with van der Waals surface area (Å²) in [5.41, 5.74) is 0.325. The van der Waals surface area contributed by atoms with Gasteiger partial charge in [-0.15, -0.1) is 0 Å². The van der Waals surface area contributed by atoms with Crippen molar-refractivity contribution in [3.63, 3.8) is 0 Å². The van der Waals surface area contributed by atoms with E-state index in [-0.39, 0.29) is 0 Å². The fourth-order valence-corrected chi connectivity index (χ4v) is 4.14. The predicted molar refractivity (Wildman–Crippen MR) is 83.5 cm³/mol. The first-order valence-electron chi connectivity index (χ1n) is 8.47. The van der Waals surface area contributed by atoms with Crippen molar-refractivity contribution in [3.8, 4) is 0 Å². The Morgan fingerprint density at radius 3 is 2.58 bits per heavy atom. The molecule has 19 heavy (non-hydrogen) atoms. The number of piperazine rings is 1. The van der Waals surface area contributed by atoms with E-state index in [4.69, 9.17) is 0 Å². The van der Waals surface area contributed by atoms with Crippen molar-refractivity contribution >= 4 is 0 Å². The van der Waals surface area contributed by atoms with Gasteiger partial charge in [-0.2, -0.15) is 0 Å². The summed E-state index contributed by atoms with van der Waals surface area (Å²) in [5.74, 6) is 1.75. The van der Waals surface area contributed by atoms with Crippen molar-refractivity contribution in [2.24, 2.45) is 11.8 Å². The number of rotatable bonds is 3. The average molecular weight is 266 g/mol. The van der Waals surface area contributed by atoms with Gasteiger partial charge in [0, 0.05) is 30.7 Å². The Labute approximate surface area is 120 Å². The van der Waals surface area contributed by atoms with Crippen LogP contribution in [0.25, 0.3) is 0 Å². The van der Waals surface area contributed by atoms with Crippen molar-refractivity contribution in [1.82, 2.24) is 10.2 Å². The monoisotopic (exact) mass is 266 g/mol. The first-order valence-corrected chi connectivity index (χ1v) is 8.47. The lowest BCUT2D eigenvalue weighted by atomic mass is 9.75. The van der Waals surface area contributed by atoms with Gasteiger partial charge in [-0.05, 0) is 44.9 Å². The minimum atomic E-state index is 0.325. The number of hydrogen-bond acceptors (Lipinski definition) is 2. The summed E-state index contributed by atoms with van der Waals surface area (Å²) < 4.78 is 0. The molecule has 1 saturated heterocycles. The lowest BCUT2D eigenvalue weighted by molar-refractivity contribution is 0.000663. The van der Waals surface area contributed by atoms with Gasteiger partial charge in [-0.3, -0.25) is 4.90 Å². The summed E-state index contributed by atoms with van der Waals surface area (Å²) in [5, 5.41) is 3.77. The maximum Gasteiger partial charge on any atom is 0.0278 e. The van der Waals surface area contributed by atoms with Gasteiger partial charge in [0.25, 0.3) is 0 Å². The minimum Gasteiger partial charge on any atom is -0.309 e. The molecule has 0 aromatic heterocycles. The third-order valence-corrected chi connectivity index (χ3v) is 5.77. The van der Waals surface area contributed by atoms with Crippen LogP contribution in [0.1, 0.15) is 66.7 Å². The molecule has 1 saturated carbocycles. The van der Waals surface area contributed by atoms with E-state index in [1.54, 1.807) is 0 Å². The van der Waals surface area contributed by atoms with Gasteiger partial charge in [0.15, 0.2) is 0 Å². The van der Waals surface area contributed by atoms with Crippen LogP contribution in [0.3, 0.4) is 0 Å². The summed E-state index contributed by atoms with van der Waals surface area (Å²) >= 11 is 0. The van der Waals surface area contributed by atoms with E-state index in [1.807, 2.05) is 0 Å². The second kappa shape index (κ2) is 6.13. The first kappa shape index (κ1) is 15.3. The molecule has 0 spiro atoms. The SMILES string of the molecule is CCC1(C)CN(C2CCCCC2C(C)C)C(C)CN1. The third kappa shape index (κ3) is 3.33. The second-order valence-corrected chi connectivity index (χ2v) is 7.58. The van der Waals surface area contributed by atoms with Crippen LogP contribution in [0.4, 0.5) is 0 Å². The van der Waals surface area contributed by atoms with Gasteiger partial charge in [0.05, 0.1) is 0 Å². The molecule has 112 valence electrons. The summed E-state index contributed by atoms with van der Waals surface area (Å²) in [6.45, 7) is 14.4. The summed E-state index contributed by atoms with van der Waals surface area (Å²) in [6.07, 6.45) is 6.99. The fourth-order valence-electron chi connectivity index (χ4n) is 4.14. The molecule has 0 aromatic rings. The van der Waals surface area contributed by atoms with Crippen LogP contribution in [0.5, 0.6) is 0 Å². The number of hydrogen-bond donors (Lipinski definition) is 1. The van der Waals surface area contributed by atoms with E-state index in [1.165, 1.54) is 38.6 Å². The molecule has 0 radical (unpaired) electrons. The van der Waals surface area contributed by atoms with Gasteiger partial charge in [0.2, 0.25) is 0 Å². The van der Waals surface area contributed by atoms with Crippen LogP contribution in [0.2, 0.25) is 0 Å². The zero-order valence-electron chi connectivity index (χ0n) is 13.7. The Bertz CT molecular complexity index is 289. The zero-order chi connectivity index (χ0) is 14.0. The predicted octanol–water partition coefficient (Wildman–Crippen LogP) is 3.66. The van der Waals surface area contributed by atoms with Crippen LogP contribution >= 0.6 is 0 Å². The van der Waals surface area contributed by atoms with E-state index in [0.29, 0.717) is 11.6 Å². The molecular weight excluding hydrogens is 232 g/mol. The minimum absolute atomic E-state index is 0.325. The Morgan fingerprint density at radius 2 is 1.95 bits per heavy atom. The quantitative estimate of drug-likeness (QED) is 0.838. The van der Waals surface area contributed by atoms with Crippen molar-refractivity contribution < 1.29 is 0 Å². The Balaban J connectivity index is 2.12. The Kier molecular flexibility index (Phi) is 4.94. The zero-order valence-corrected chi connectivity index (χ0v) is 13.7. The van der Waals surface area contributed by atoms with E-state index >= 15 is 0 Å². The molecule has 2 nitrogen and oxygen atoms in total. The molecule has 1 aliphatic heterocycles. The van der Waals surface area contributed by atoms with Crippen molar-refractivity contribution in [2.45, 2.75) is 84.3 Å². The maximum absolute atomic E-state index is 3.77. The molecule has 0 aromatic carbocycles. The number of nitrogens with zero attached hydrogens (tertiary/aromatic N) is 1. The van der Waals surface area contributed by atoms with Crippen molar-refractivity contribution in [2.75, 3.05) is 13.1 Å². The van der Waals surface area contributed by atoms with E-state index in [0.717, 1.165) is 24.4 Å². The number of nitrogens with one attached hydrogen (secondary N) is 1. The molecule has 2 heteroatoms. The summed E-state index contributed by atoms with van der Waals surface area (Å²) in [4.78, 5) is 2.85. The highest BCUT2D eigenvalue weighted by Gasteiger charge is 2.40. The molecule has 2 aliphatic rings. The highest BCUT2D eigenvalue weighted by molar-refractivity contribution is 4.98.